The molecular formula is C22H28N2OS. The summed E-state index contributed by atoms with van der Waals surface area (Å²) in [4.78, 5) is 16.0. The summed E-state index contributed by atoms with van der Waals surface area (Å²) in [5.41, 5.74) is 4.97. The van der Waals surface area contributed by atoms with Crippen LogP contribution in [0.15, 0.2) is 41.2 Å². The topological polar surface area (TPSA) is 44.9 Å². The third-order valence-electron chi connectivity index (χ3n) is 5.03. The maximum Gasteiger partial charge on any atom is 0.220 e. The largest absolute Gasteiger partial charge is 0.361 e. The molecule has 2 N–H and O–H groups in total. The zero-order chi connectivity index (χ0) is 18.4. The Balaban J connectivity index is 1.85. The van der Waals surface area contributed by atoms with Gasteiger partial charge in [-0.05, 0) is 46.4 Å². The zero-order valence-electron chi connectivity index (χ0n) is 15.7. The number of unbranched alkanes of at least 4 members (excludes halogenated alkanes) is 2. The first kappa shape index (κ1) is 18.7. The molecule has 0 bridgehead atoms. The number of carbonyl (C=O) groups is 1. The molecule has 0 spiro atoms. The van der Waals surface area contributed by atoms with E-state index in [9.17, 15) is 4.79 Å². The van der Waals surface area contributed by atoms with Crippen LogP contribution >= 0.6 is 11.3 Å². The summed E-state index contributed by atoms with van der Waals surface area (Å²) >= 11 is 1.69. The van der Waals surface area contributed by atoms with Gasteiger partial charge in [0.15, 0.2) is 0 Å². The third kappa shape index (κ3) is 4.18. The fourth-order valence-electron chi connectivity index (χ4n) is 3.56. The van der Waals surface area contributed by atoms with Gasteiger partial charge in [0, 0.05) is 36.0 Å². The number of H-pyrrole nitrogens is 1. The number of aryl methyl sites for hydroxylation is 1. The number of amides is 1. The van der Waals surface area contributed by atoms with Crippen LogP contribution in [0.4, 0.5) is 0 Å². The van der Waals surface area contributed by atoms with E-state index in [4.69, 9.17) is 0 Å². The van der Waals surface area contributed by atoms with Gasteiger partial charge in [-0.2, -0.15) is 11.3 Å². The first-order valence-electron chi connectivity index (χ1n) is 9.62. The second-order valence-corrected chi connectivity index (χ2v) is 7.59. The number of aromatic amines is 1. The highest BCUT2D eigenvalue weighted by Crippen LogP contribution is 2.35. The van der Waals surface area contributed by atoms with Gasteiger partial charge in [0.2, 0.25) is 5.91 Å². The molecule has 3 aromatic rings. The van der Waals surface area contributed by atoms with Crippen molar-refractivity contribution in [3.05, 3.63) is 57.9 Å². The summed E-state index contributed by atoms with van der Waals surface area (Å²) in [6.07, 6.45) is 6.97. The summed E-state index contributed by atoms with van der Waals surface area (Å²) in [5, 5.41) is 8.59. The Labute approximate surface area is 159 Å². The second-order valence-electron chi connectivity index (χ2n) is 6.81. The molecule has 4 heteroatoms. The monoisotopic (exact) mass is 368 g/mol. The lowest BCUT2D eigenvalue weighted by Gasteiger charge is -2.16. The van der Waals surface area contributed by atoms with Crippen molar-refractivity contribution in [1.82, 2.24) is 10.3 Å². The molecule has 0 aliphatic carbocycles. The number of hydrogen-bond donors (Lipinski definition) is 2. The maximum atomic E-state index is 12.5. The summed E-state index contributed by atoms with van der Waals surface area (Å²) in [5.74, 6) is 0.228. The lowest BCUT2D eigenvalue weighted by molar-refractivity contribution is -0.121. The molecule has 0 aliphatic heterocycles. The van der Waals surface area contributed by atoms with Crippen LogP contribution in [-0.4, -0.2) is 17.4 Å². The van der Waals surface area contributed by atoms with Crippen LogP contribution in [0.1, 0.15) is 62.1 Å². The van der Waals surface area contributed by atoms with Crippen molar-refractivity contribution in [2.75, 3.05) is 6.54 Å². The Morgan fingerprint density at radius 3 is 2.85 bits per heavy atom. The zero-order valence-corrected chi connectivity index (χ0v) is 16.5. The number of benzene rings is 1. The number of rotatable bonds is 9. The fraction of sp³-hybridized carbons (Fsp3) is 0.409. The van der Waals surface area contributed by atoms with Crippen molar-refractivity contribution in [2.24, 2.45) is 0 Å². The number of hydrogen-bond acceptors (Lipinski definition) is 2. The van der Waals surface area contributed by atoms with E-state index >= 15 is 0 Å². The molecule has 26 heavy (non-hydrogen) atoms. The Bertz CT molecular complexity index is 835. The van der Waals surface area contributed by atoms with Crippen LogP contribution in [0.3, 0.4) is 0 Å². The lowest BCUT2D eigenvalue weighted by Crippen LogP contribution is -2.26. The molecule has 0 aliphatic rings. The van der Waals surface area contributed by atoms with Crippen molar-refractivity contribution in [1.29, 1.82) is 0 Å². The van der Waals surface area contributed by atoms with E-state index in [2.05, 4.69) is 65.4 Å². The highest BCUT2D eigenvalue weighted by molar-refractivity contribution is 7.08. The SMILES string of the molecule is CCCCCNC(=O)CC(c1ccsc1)c1c[nH]c2c(CC)cccc12. The molecule has 0 saturated heterocycles. The second kappa shape index (κ2) is 9.04. The molecule has 2 aromatic heterocycles. The molecule has 0 fully saturated rings. The molecule has 1 atom stereocenters. The van der Waals surface area contributed by atoms with Crippen LogP contribution in [0.5, 0.6) is 0 Å². The van der Waals surface area contributed by atoms with Crippen LogP contribution in [0, 0.1) is 0 Å². The van der Waals surface area contributed by atoms with E-state index in [0.717, 1.165) is 25.8 Å². The minimum atomic E-state index is 0.0910. The van der Waals surface area contributed by atoms with Crippen LogP contribution < -0.4 is 5.32 Å². The Morgan fingerprint density at radius 2 is 2.12 bits per heavy atom. The van der Waals surface area contributed by atoms with Crippen molar-refractivity contribution >= 4 is 28.1 Å². The molecule has 0 saturated carbocycles. The van der Waals surface area contributed by atoms with Crippen LogP contribution in [-0.2, 0) is 11.2 Å². The molecule has 138 valence electrons. The van der Waals surface area contributed by atoms with Crippen molar-refractivity contribution < 1.29 is 4.79 Å². The summed E-state index contributed by atoms with van der Waals surface area (Å²) in [6.45, 7) is 5.13. The highest BCUT2D eigenvalue weighted by Gasteiger charge is 2.22. The number of aromatic nitrogens is 1. The smallest absolute Gasteiger partial charge is 0.220 e. The minimum Gasteiger partial charge on any atom is -0.361 e. The molecule has 2 heterocycles. The predicted molar refractivity (Wildman–Crippen MR) is 111 cm³/mol. The number of nitrogens with one attached hydrogen (secondary N) is 2. The number of fused-ring (bicyclic) bond motifs is 1. The molecule has 3 nitrogen and oxygen atoms in total. The van der Waals surface area contributed by atoms with Gasteiger partial charge in [-0.1, -0.05) is 44.9 Å². The van der Waals surface area contributed by atoms with Gasteiger partial charge in [0.05, 0.1) is 0 Å². The molecule has 1 unspecified atom stereocenters. The van der Waals surface area contributed by atoms with E-state index in [1.165, 1.54) is 34.0 Å². The Kier molecular flexibility index (Phi) is 6.51. The van der Waals surface area contributed by atoms with E-state index < -0.39 is 0 Å². The van der Waals surface area contributed by atoms with Gasteiger partial charge < -0.3 is 10.3 Å². The summed E-state index contributed by atoms with van der Waals surface area (Å²) in [6, 6.07) is 8.59. The van der Waals surface area contributed by atoms with Gasteiger partial charge in [-0.15, -0.1) is 0 Å². The summed E-state index contributed by atoms with van der Waals surface area (Å²) in [7, 11) is 0. The van der Waals surface area contributed by atoms with Crippen molar-refractivity contribution in [3.8, 4) is 0 Å². The molecule has 1 aromatic carbocycles. The van der Waals surface area contributed by atoms with Crippen LogP contribution in [0.2, 0.25) is 0 Å². The van der Waals surface area contributed by atoms with E-state index in [1.54, 1.807) is 11.3 Å². The van der Waals surface area contributed by atoms with Crippen LogP contribution in [0.25, 0.3) is 10.9 Å². The van der Waals surface area contributed by atoms with Crippen molar-refractivity contribution in [3.63, 3.8) is 0 Å². The quantitative estimate of drug-likeness (QED) is 0.473. The maximum absolute atomic E-state index is 12.5. The van der Waals surface area contributed by atoms with Crippen molar-refractivity contribution in [2.45, 2.75) is 51.9 Å². The molecule has 3 rings (SSSR count). The van der Waals surface area contributed by atoms with Gasteiger partial charge in [0.1, 0.15) is 0 Å². The number of para-hydroxylation sites is 1. The van der Waals surface area contributed by atoms with Gasteiger partial charge >= 0.3 is 0 Å². The van der Waals surface area contributed by atoms with Gasteiger partial charge in [0.25, 0.3) is 0 Å². The average Bonchev–Trinajstić information content (AvgIpc) is 3.33. The first-order valence-corrected chi connectivity index (χ1v) is 10.6. The first-order chi connectivity index (χ1) is 12.7. The normalized spacial score (nSPS) is 12.4. The standard InChI is InChI=1S/C22H28N2OS/c1-3-5-6-11-23-21(25)13-19(17-10-12-26-15-17)20-14-24-22-16(4-2)8-7-9-18(20)22/h7-10,12,14-15,19,24H,3-6,11,13H2,1-2H3,(H,23,25). The Hall–Kier alpha value is -2.07. The van der Waals surface area contributed by atoms with E-state index in [-0.39, 0.29) is 11.8 Å². The number of thiophene rings is 1. The predicted octanol–water partition coefficient (Wildman–Crippen LogP) is 5.62. The molecular weight excluding hydrogens is 340 g/mol. The third-order valence-corrected chi connectivity index (χ3v) is 5.73. The van der Waals surface area contributed by atoms with Gasteiger partial charge in [-0.25, -0.2) is 0 Å². The Morgan fingerprint density at radius 1 is 1.23 bits per heavy atom. The van der Waals surface area contributed by atoms with E-state index in [1.807, 2.05) is 0 Å². The fourth-order valence-corrected chi connectivity index (χ4v) is 4.28. The number of carbonyl (C=O) groups excluding carboxylic acids is 1. The van der Waals surface area contributed by atoms with E-state index in [0.29, 0.717) is 6.42 Å². The lowest BCUT2D eigenvalue weighted by atomic mass is 9.89. The summed E-state index contributed by atoms with van der Waals surface area (Å²) < 4.78 is 0. The highest BCUT2D eigenvalue weighted by atomic mass is 32.1. The molecule has 0 radical (unpaired) electrons. The minimum absolute atomic E-state index is 0.0910. The average molecular weight is 369 g/mol. The molecule has 1 amide bonds. The van der Waals surface area contributed by atoms with Gasteiger partial charge in [-0.3, -0.25) is 4.79 Å².